The summed E-state index contributed by atoms with van der Waals surface area (Å²) in [5.41, 5.74) is 5.07. The summed E-state index contributed by atoms with van der Waals surface area (Å²) in [5, 5.41) is 5.26. The van der Waals surface area contributed by atoms with Gasteiger partial charge in [-0.25, -0.2) is 9.48 Å². The first-order valence-corrected chi connectivity index (χ1v) is 11.0. The van der Waals surface area contributed by atoms with E-state index in [-0.39, 0.29) is 5.78 Å². The number of carbonyl (C=O) groups is 2. The molecule has 1 unspecified atom stereocenters. The molecule has 5 aromatic rings. The number of hydrogen-bond donors (Lipinski definition) is 1. The van der Waals surface area contributed by atoms with Gasteiger partial charge >= 0.3 is 5.97 Å². The number of aromatic amines is 1. The van der Waals surface area contributed by atoms with Crippen molar-refractivity contribution in [2.75, 3.05) is 0 Å². The van der Waals surface area contributed by atoms with Crippen molar-refractivity contribution in [1.82, 2.24) is 14.8 Å². The fourth-order valence-electron chi connectivity index (χ4n) is 4.12. The molecule has 0 saturated heterocycles. The number of hydrogen-bond acceptors (Lipinski definition) is 4. The van der Waals surface area contributed by atoms with E-state index in [9.17, 15) is 9.59 Å². The number of para-hydroxylation sites is 1. The topological polar surface area (TPSA) is 77.0 Å². The Morgan fingerprint density at radius 3 is 2.32 bits per heavy atom. The summed E-state index contributed by atoms with van der Waals surface area (Å²) < 4.78 is 7.62. The standard InChI is InChI=1S/C28H23N3O3/c1-18-16-19(2)31(30-18)22-14-12-21(13-15-22)28(33)34-27(20-8-4-3-5-9-20)26(32)24-17-29-25-11-7-6-10-23(24)25/h3-17,27,29H,1-2H3. The molecule has 1 N–H and O–H groups in total. The molecular weight excluding hydrogens is 426 g/mol. The lowest BCUT2D eigenvalue weighted by molar-refractivity contribution is 0.0280. The first-order valence-electron chi connectivity index (χ1n) is 11.0. The second kappa shape index (κ2) is 8.83. The van der Waals surface area contributed by atoms with Gasteiger partial charge in [-0.3, -0.25) is 4.79 Å². The second-order valence-electron chi connectivity index (χ2n) is 8.19. The Hall–Kier alpha value is -4.45. The van der Waals surface area contributed by atoms with Crippen molar-refractivity contribution in [3.05, 3.63) is 119 Å². The van der Waals surface area contributed by atoms with E-state index in [4.69, 9.17) is 4.74 Å². The normalized spacial score (nSPS) is 11.9. The summed E-state index contributed by atoms with van der Waals surface area (Å²) in [5.74, 6) is -0.849. The average Bonchev–Trinajstić information content (AvgIpc) is 3.45. The number of rotatable bonds is 6. The minimum absolute atomic E-state index is 0.281. The highest BCUT2D eigenvalue weighted by molar-refractivity contribution is 6.11. The van der Waals surface area contributed by atoms with Crippen LogP contribution in [0.25, 0.3) is 16.6 Å². The molecule has 2 aromatic heterocycles. The van der Waals surface area contributed by atoms with Gasteiger partial charge < -0.3 is 9.72 Å². The van der Waals surface area contributed by atoms with Crippen molar-refractivity contribution >= 4 is 22.7 Å². The summed E-state index contributed by atoms with van der Waals surface area (Å²) in [4.78, 5) is 29.8. The van der Waals surface area contributed by atoms with Gasteiger partial charge in [0.2, 0.25) is 5.78 Å². The van der Waals surface area contributed by atoms with Gasteiger partial charge in [0, 0.05) is 33.9 Å². The molecular formula is C28H23N3O3. The summed E-state index contributed by atoms with van der Waals surface area (Å²) in [6.07, 6.45) is 0.601. The average molecular weight is 450 g/mol. The molecule has 0 aliphatic carbocycles. The smallest absolute Gasteiger partial charge is 0.339 e. The van der Waals surface area contributed by atoms with Crippen molar-refractivity contribution in [3.8, 4) is 5.69 Å². The quantitative estimate of drug-likeness (QED) is 0.264. The third-order valence-corrected chi connectivity index (χ3v) is 5.78. The van der Waals surface area contributed by atoms with Crippen LogP contribution in [0.1, 0.15) is 43.8 Å². The summed E-state index contributed by atoms with van der Waals surface area (Å²) in [6, 6.07) is 25.6. The molecule has 0 fully saturated rings. The molecule has 3 aromatic carbocycles. The lowest BCUT2D eigenvalue weighted by atomic mass is 9.99. The summed E-state index contributed by atoms with van der Waals surface area (Å²) >= 11 is 0. The minimum Gasteiger partial charge on any atom is -0.445 e. The Balaban J connectivity index is 1.44. The zero-order valence-electron chi connectivity index (χ0n) is 18.9. The number of H-pyrrole nitrogens is 1. The van der Waals surface area contributed by atoms with Gasteiger partial charge in [0.1, 0.15) is 0 Å². The van der Waals surface area contributed by atoms with Crippen LogP contribution in [-0.4, -0.2) is 26.5 Å². The molecule has 0 aliphatic rings. The Kier molecular flexibility index (Phi) is 5.55. The molecule has 0 radical (unpaired) electrons. The molecule has 0 bridgehead atoms. The van der Waals surface area contributed by atoms with Crippen molar-refractivity contribution in [1.29, 1.82) is 0 Å². The number of aryl methyl sites for hydroxylation is 2. The van der Waals surface area contributed by atoms with E-state index in [0.29, 0.717) is 16.7 Å². The Bertz CT molecular complexity index is 1480. The number of Topliss-reactive ketones (excluding diaryl/α,β-unsaturated/α-hetero) is 1. The number of carbonyl (C=O) groups excluding carboxylic acids is 2. The molecule has 168 valence electrons. The van der Waals surface area contributed by atoms with Crippen LogP contribution in [0.3, 0.4) is 0 Å². The molecule has 5 rings (SSSR count). The monoisotopic (exact) mass is 449 g/mol. The highest BCUT2D eigenvalue weighted by Crippen LogP contribution is 2.28. The number of fused-ring (bicyclic) bond motifs is 1. The first-order chi connectivity index (χ1) is 16.5. The van der Waals surface area contributed by atoms with Gasteiger partial charge in [-0.15, -0.1) is 0 Å². The fraction of sp³-hybridized carbons (Fsp3) is 0.107. The van der Waals surface area contributed by atoms with E-state index < -0.39 is 12.1 Å². The van der Waals surface area contributed by atoms with Crippen LogP contribution >= 0.6 is 0 Å². The molecule has 2 heterocycles. The van der Waals surface area contributed by atoms with Crippen molar-refractivity contribution in [2.45, 2.75) is 20.0 Å². The highest BCUT2D eigenvalue weighted by atomic mass is 16.5. The van der Waals surface area contributed by atoms with E-state index >= 15 is 0 Å². The first kappa shape index (κ1) is 21.4. The number of aromatic nitrogens is 3. The van der Waals surface area contributed by atoms with Gasteiger partial charge in [0.15, 0.2) is 6.10 Å². The molecule has 0 aliphatic heterocycles. The fourth-order valence-corrected chi connectivity index (χ4v) is 4.12. The van der Waals surface area contributed by atoms with Gasteiger partial charge in [0.05, 0.1) is 16.9 Å². The Labute approximate surface area is 196 Å². The Morgan fingerprint density at radius 1 is 0.912 bits per heavy atom. The molecule has 34 heavy (non-hydrogen) atoms. The van der Waals surface area contributed by atoms with Crippen LogP contribution in [0.2, 0.25) is 0 Å². The van der Waals surface area contributed by atoms with E-state index in [2.05, 4.69) is 10.1 Å². The number of nitrogens with one attached hydrogen (secondary N) is 1. The molecule has 6 heteroatoms. The van der Waals surface area contributed by atoms with Gasteiger partial charge in [0.25, 0.3) is 0 Å². The van der Waals surface area contributed by atoms with Crippen LogP contribution < -0.4 is 0 Å². The van der Waals surface area contributed by atoms with E-state index in [0.717, 1.165) is 28.0 Å². The molecule has 0 amide bonds. The van der Waals surface area contributed by atoms with Crippen LogP contribution in [0, 0.1) is 13.8 Å². The summed E-state index contributed by atoms with van der Waals surface area (Å²) in [6.45, 7) is 3.91. The number of ether oxygens (including phenoxy) is 1. The maximum absolute atomic E-state index is 13.6. The molecule has 0 saturated carbocycles. The van der Waals surface area contributed by atoms with E-state index in [1.165, 1.54) is 0 Å². The second-order valence-corrected chi connectivity index (χ2v) is 8.19. The third-order valence-electron chi connectivity index (χ3n) is 5.78. The number of ketones is 1. The molecule has 6 nitrogen and oxygen atoms in total. The number of esters is 1. The molecule has 1 atom stereocenters. The lowest BCUT2D eigenvalue weighted by Crippen LogP contribution is -2.20. The Morgan fingerprint density at radius 2 is 1.62 bits per heavy atom. The zero-order chi connectivity index (χ0) is 23.7. The van der Waals surface area contributed by atoms with Crippen molar-refractivity contribution in [2.24, 2.45) is 0 Å². The van der Waals surface area contributed by atoms with Crippen LogP contribution in [-0.2, 0) is 4.74 Å². The van der Waals surface area contributed by atoms with Crippen molar-refractivity contribution < 1.29 is 14.3 Å². The van der Waals surface area contributed by atoms with Gasteiger partial charge in [-0.1, -0.05) is 48.5 Å². The summed E-state index contributed by atoms with van der Waals surface area (Å²) in [7, 11) is 0. The van der Waals surface area contributed by atoms with Crippen LogP contribution in [0.5, 0.6) is 0 Å². The predicted octanol–water partition coefficient (Wildman–Crippen LogP) is 5.75. The van der Waals surface area contributed by atoms with Crippen LogP contribution in [0.15, 0.2) is 91.1 Å². The number of nitrogens with zero attached hydrogens (tertiary/aromatic N) is 2. The van der Waals surface area contributed by atoms with E-state index in [1.54, 1.807) is 30.5 Å². The maximum atomic E-state index is 13.6. The lowest BCUT2D eigenvalue weighted by Gasteiger charge is -2.17. The van der Waals surface area contributed by atoms with Crippen molar-refractivity contribution in [3.63, 3.8) is 0 Å². The maximum Gasteiger partial charge on any atom is 0.339 e. The zero-order valence-corrected chi connectivity index (χ0v) is 18.9. The molecule has 0 spiro atoms. The third kappa shape index (κ3) is 4.01. The van der Waals surface area contributed by atoms with Gasteiger partial charge in [-0.05, 0) is 50.2 Å². The van der Waals surface area contributed by atoms with Gasteiger partial charge in [-0.2, -0.15) is 5.10 Å². The predicted molar refractivity (Wildman–Crippen MR) is 130 cm³/mol. The van der Waals surface area contributed by atoms with E-state index in [1.807, 2.05) is 79.2 Å². The highest BCUT2D eigenvalue weighted by Gasteiger charge is 2.28. The number of benzene rings is 3. The minimum atomic E-state index is -1.07. The largest absolute Gasteiger partial charge is 0.445 e. The van der Waals surface area contributed by atoms with Crippen LogP contribution in [0.4, 0.5) is 0 Å². The SMILES string of the molecule is Cc1cc(C)n(-c2ccc(C(=O)OC(C(=O)c3c[nH]c4ccccc34)c3ccccc3)cc2)n1.